The summed E-state index contributed by atoms with van der Waals surface area (Å²) in [7, 11) is 0. The summed E-state index contributed by atoms with van der Waals surface area (Å²) in [6.45, 7) is 1.70. The van der Waals surface area contributed by atoms with Crippen molar-refractivity contribution >= 4 is 27.7 Å². The van der Waals surface area contributed by atoms with Gasteiger partial charge in [0, 0.05) is 10.7 Å². The van der Waals surface area contributed by atoms with Crippen LogP contribution in [-0.4, -0.2) is 15.9 Å². The van der Waals surface area contributed by atoms with Crippen LogP contribution in [0.25, 0.3) is 0 Å². The smallest absolute Gasteiger partial charge is 0.260 e. The molecule has 0 fully saturated rings. The van der Waals surface area contributed by atoms with Crippen molar-refractivity contribution in [2.24, 2.45) is 0 Å². The third kappa shape index (κ3) is 2.70. The second-order valence-electron chi connectivity index (χ2n) is 3.54. The zero-order chi connectivity index (χ0) is 13.1. The van der Waals surface area contributed by atoms with E-state index >= 15 is 0 Å². The second kappa shape index (κ2) is 5.22. The van der Waals surface area contributed by atoms with E-state index in [0.717, 1.165) is 0 Å². The third-order valence-corrected chi connectivity index (χ3v) is 2.87. The largest absolute Gasteiger partial charge is 0.306 e. The summed E-state index contributed by atoms with van der Waals surface area (Å²) in [5, 5.41) is 2.52. The van der Waals surface area contributed by atoms with Crippen LogP contribution < -0.4 is 5.32 Å². The van der Waals surface area contributed by atoms with Crippen LogP contribution in [0.1, 0.15) is 16.2 Å². The Kier molecular flexibility index (Phi) is 3.66. The molecule has 1 N–H and O–H groups in total. The van der Waals surface area contributed by atoms with E-state index in [1.165, 1.54) is 18.3 Å². The standard InChI is InChI=1S/C12H9BrFN3O/c1-7-15-6-5-10(16-7)17-12(18)11-8(13)3-2-4-9(11)14/h2-6H,1H3,(H,15,16,17,18). The van der Waals surface area contributed by atoms with Crippen LogP contribution in [0.5, 0.6) is 0 Å². The molecule has 4 nitrogen and oxygen atoms in total. The number of hydrogen-bond acceptors (Lipinski definition) is 3. The van der Waals surface area contributed by atoms with Gasteiger partial charge in [-0.3, -0.25) is 4.79 Å². The summed E-state index contributed by atoms with van der Waals surface area (Å²) < 4.78 is 14.0. The van der Waals surface area contributed by atoms with Crippen molar-refractivity contribution in [3.05, 3.63) is 52.1 Å². The number of nitrogens with zero attached hydrogens (tertiary/aromatic N) is 2. The first-order valence-corrected chi connectivity index (χ1v) is 5.92. The number of benzene rings is 1. The Morgan fingerprint density at radius 1 is 1.39 bits per heavy atom. The zero-order valence-electron chi connectivity index (χ0n) is 9.45. The molecule has 92 valence electrons. The summed E-state index contributed by atoms with van der Waals surface area (Å²) in [4.78, 5) is 19.9. The Labute approximate surface area is 111 Å². The predicted molar refractivity (Wildman–Crippen MR) is 68.8 cm³/mol. The minimum Gasteiger partial charge on any atom is -0.306 e. The van der Waals surface area contributed by atoms with Gasteiger partial charge in [-0.1, -0.05) is 6.07 Å². The first-order chi connectivity index (χ1) is 8.58. The molecule has 0 saturated carbocycles. The number of carbonyl (C=O) groups is 1. The summed E-state index contributed by atoms with van der Waals surface area (Å²) in [5.41, 5.74) is -0.0474. The molecule has 1 aromatic carbocycles. The number of halogens is 2. The Morgan fingerprint density at radius 2 is 2.17 bits per heavy atom. The highest BCUT2D eigenvalue weighted by Crippen LogP contribution is 2.20. The predicted octanol–water partition coefficient (Wildman–Crippen LogP) is 2.94. The second-order valence-corrected chi connectivity index (χ2v) is 4.39. The molecule has 0 radical (unpaired) electrons. The maximum atomic E-state index is 13.6. The molecule has 1 aromatic heterocycles. The molecule has 0 unspecified atom stereocenters. The fourth-order valence-electron chi connectivity index (χ4n) is 1.42. The Morgan fingerprint density at radius 3 is 2.83 bits per heavy atom. The molecule has 0 spiro atoms. The monoisotopic (exact) mass is 309 g/mol. The number of nitrogens with one attached hydrogen (secondary N) is 1. The number of aryl methyl sites for hydroxylation is 1. The van der Waals surface area contributed by atoms with E-state index in [1.54, 1.807) is 19.1 Å². The van der Waals surface area contributed by atoms with Gasteiger partial charge in [0.15, 0.2) is 0 Å². The molecule has 2 aromatic rings. The van der Waals surface area contributed by atoms with E-state index in [-0.39, 0.29) is 5.56 Å². The van der Waals surface area contributed by atoms with E-state index in [9.17, 15) is 9.18 Å². The lowest BCUT2D eigenvalue weighted by Crippen LogP contribution is -2.15. The van der Waals surface area contributed by atoms with Gasteiger partial charge in [0.2, 0.25) is 0 Å². The molecule has 0 atom stereocenters. The molecule has 18 heavy (non-hydrogen) atoms. The number of anilines is 1. The van der Waals surface area contributed by atoms with Crippen molar-refractivity contribution < 1.29 is 9.18 Å². The summed E-state index contributed by atoms with van der Waals surface area (Å²) in [6.07, 6.45) is 1.52. The molecule has 2 rings (SSSR count). The van der Waals surface area contributed by atoms with Crippen LogP contribution in [0.15, 0.2) is 34.9 Å². The molecule has 1 heterocycles. The van der Waals surface area contributed by atoms with Gasteiger partial charge >= 0.3 is 0 Å². The van der Waals surface area contributed by atoms with Crippen molar-refractivity contribution in [2.75, 3.05) is 5.32 Å². The summed E-state index contributed by atoms with van der Waals surface area (Å²) >= 11 is 3.14. The molecular formula is C12H9BrFN3O. The minimum absolute atomic E-state index is 0.0474. The van der Waals surface area contributed by atoms with E-state index in [1.807, 2.05) is 0 Å². The lowest BCUT2D eigenvalue weighted by atomic mass is 10.2. The molecule has 0 aliphatic carbocycles. The molecular weight excluding hydrogens is 301 g/mol. The highest BCUT2D eigenvalue weighted by atomic mass is 79.9. The fraction of sp³-hybridized carbons (Fsp3) is 0.0833. The maximum absolute atomic E-state index is 13.6. The maximum Gasteiger partial charge on any atom is 0.260 e. The van der Waals surface area contributed by atoms with Gasteiger partial charge in [0.1, 0.15) is 17.5 Å². The number of rotatable bonds is 2. The SMILES string of the molecule is Cc1nccc(NC(=O)c2c(F)cccc2Br)n1. The van der Waals surface area contributed by atoms with E-state index in [2.05, 4.69) is 31.2 Å². The third-order valence-electron chi connectivity index (χ3n) is 2.21. The van der Waals surface area contributed by atoms with Crippen molar-refractivity contribution in [1.82, 2.24) is 9.97 Å². The number of hydrogen-bond donors (Lipinski definition) is 1. The quantitative estimate of drug-likeness (QED) is 0.928. The normalized spacial score (nSPS) is 10.2. The summed E-state index contributed by atoms with van der Waals surface area (Å²) in [6, 6.07) is 5.89. The first-order valence-electron chi connectivity index (χ1n) is 5.13. The van der Waals surface area contributed by atoms with Crippen molar-refractivity contribution in [1.29, 1.82) is 0 Å². The topological polar surface area (TPSA) is 54.9 Å². The van der Waals surface area contributed by atoms with Gasteiger partial charge in [-0.2, -0.15) is 0 Å². The van der Waals surface area contributed by atoms with Gasteiger partial charge in [0.25, 0.3) is 5.91 Å². The minimum atomic E-state index is -0.590. The fourth-order valence-corrected chi connectivity index (χ4v) is 1.94. The van der Waals surface area contributed by atoms with Crippen LogP contribution in [0.4, 0.5) is 10.2 Å². The average molecular weight is 310 g/mol. The lowest BCUT2D eigenvalue weighted by Gasteiger charge is -2.07. The molecule has 0 saturated heterocycles. The van der Waals surface area contributed by atoms with Crippen LogP contribution in [0, 0.1) is 12.7 Å². The van der Waals surface area contributed by atoms with Crippen LogP contribution in [-0.2, 0) is 0 Å². The van der Waals surface area contributed by atoms with Gasteiger partial charge in [0.05, 0.1) is 5.56 Å². The van der Waals surface area contributed by atoms with Gasteiger partial charge in [-0.05, 0) is 41.1 Å². The van der Waals surface area contributed by atoms with E-state index in [0.29, 0.717) is 16.1 Å². The van der Waals surface area contributed by atoms with Crippen LogP contribution in [0.2, 0.25) is 0 Å². The Bertz CT molecular complexity index is 583. The Hall–Kier alpha value is -1.82. The summed E-state index contributed by atoms with van der Waals surface area (Å²) in [5.74, 6) is -0.284. The van der Waals surface area contributed by atoms with E-state index < -0.39 is 11.7 Å². The van der Waals surface area contributed by atoms with Crippen molar-refractivity contribution in [3.8, 4) is 0 Å². The molecule has 0 aliphatic rings. The molecule has 1 amide bonds. The molecule has 0 bridgehead atoms. The van der Waals surface area contributed by atoms with Crippen molar-refractivity contribution in [3.63, 3.8) is 0 Å². The van der Waals surface area contributed by atoms with Gasteiger partial charge < -0.3 is 5.32 Å². The first kappa shape index (κ1) is 12.6. The molecule has 6 heteroatoms. The van der Waals surface area contributed by atoms with Crippen LogP contribution >= 0.6 is 15.9 Å². The number of aromatic nitrogens is 2. The number of carbonyl (C=O) groups excluding carboxylic acids is 1. The van der Waals surface area contributed by atoms with Crippen molar-refractivity contribution in [2.45, 2.75) is 6.92 Å². The zero-order valence-corrected chi connectivity index (χ0v) is 11.0. The number of amides is 1. The van der Waals surface area contributed by atoms with Crippen LogP contribution in [0.3, 0.4) is 0 Å². The average Bonchev–Trinajstić information content (AvgIpc) is 2.28. The molecule has 0 aliphatic heterocycles. The Balaban J connectivity index is 2.28. The van der Waals surface area contributed by atoms with E-state index in [4.69, 9.17) is 0 Å². The highest BCUT2D eigenvalue weighted by molar-refractivity contribution is 9.10. The van der Waals surface area contributed by atoms with Gasteiger partial charge in [-0.15, -0.1) is 0 Å². The van der Waals surface area contributed by atoms with Gasteiger partial charge in [-0.25, -0.2) is 14.4 Å². The highest BCUT2D eigenvalue weighted by Gasteiger charge is 2.15. The lowest BCUT2D eigenvalue weighted by molar-refractivity contribution is 0.102.